The first-order valence-corrected chi connectivity index (χ1v) is 5.49. The Kier molecular flexibility index (Phi) is 8.84. The normalized spacial score (nSPS) is 11.8. The molecule has 0 amide bonds. The van der Waals surface area contributed by atoms with E-state index >= 15 is 0 Å². The van der Waals surface area contributed by atoms with Crippen LogP contribution in [-0.2, 0) is 4.79 Å². The van der Waals surface area contributed by atoms with Crippen LogP contribution < -0.4 is 5.32 Å². The predicted molar refractivity (Wildman–Crippen MR) is 61.8 cm³/mol. The van der Waals surface area contributed by atoms with Crippen LogP contribution in [-0.4, -0.2) is 24.2 Å². The molecule has 0 aliphatic heterocycles. The number of carboxylic acids is 1. The summed E-state index contributed by atoms with van der Waals surface area (Å²) in [5, 5.41) is 11.9. The Morgan fingerprint density at radius 2 is 2.33 bits per heavy atom. The molecular weight excluding hydrogens is 190 g/mol. The number of rotatable bonds is 9. The summed E-state index contributed by atoms with van der Waals surface area (Å²) in [5.41, 5.74) is 2.65. The fraction of sp³-hybridized carbons (Fsp3) is 0.667. The van der Waals surface area contributed by atoms with Gasteiger partial charge in [0.15, 0.2) is 0 Å². The highest BCUT2D eigenvalue weighted by Gasteiger charge is 2.08. The monoisotopic (exact) mass is 211 g/mol. The van der Waals surface area contributed by atoms with Gasteiger partial charge in [0.25, 0.3) is 0 Å². The lowest BCUT2D eigenvalue weighted by atomic mass is 10.1. The molecule has 0 rings (SSSR count). The van der Waals surface area contributed by atoms with Crippen molar-refractivity contribution in [1.29, 1.82) is 0 Å². The lowest BCUT2D eigenvalue weighted by Gasteiger charge is -2.10. The van der Waals surface area contributed by atoms with Crippen LogP contribution in [0.15, 0.2) is 18.4 Å². The summed E-state index contributed by atoms with van der Waals surface area (Å²) >= 11 is 0. The van der Waals surface area contributed by atoms with Crippen molar-refractivity contribution in [3.63, 3.8) is 0 Å². The highest BCUT2D eigenvalue weighted by atomic mass is 16.4. The molecule has 0 aliphatic rings. The number of hydrogen-bond donors (Lipinski definition) is 2. The molecule has 1 unspecified atom stereocenters. The number of carbonyl (C=O) groups is 1. The Balaban J connectivity index is 3.66. The van der Waals surface area contributed by atoms with Gasteiger partial charge in [0.05, 0.1) is 6.42 Å². The van der Waals surface area contributed by atoms with Crippen LogP contribution in [0.2, 0.25) is 0 Å². The van der Waals surface area contributed by atoms with Gasteiger partial charge in [-0.05, 0) is 19.0 Å². The van der Waals surface area contributed by atoms with Crippen LogP contribution >= 0.6 is 0 Å². The smallest absolute Gasteiger partial charge is 0.304 e. The molecule has 0 bridgehead atoms. The minimum absolute atomic E-state index is 0.00151. The van der Waals surface area contributed by atoms with Gasteiger partial charge in [-0.1, -0.05) is 26.3 Å². The van der Waals surface area contributed by atoms with E-state index in [0.717, 1.165) is 13.0 Å². The van der Waals surface area contributed by atoms with Gasteiger partial charge < -0.3 is 10.4 Å². The molecule has 1 atom stereocenters. The van der Waals surface area contributed by atoms with Crippen molar-refractivity contribution in [1.82, 2.24) is 5.32 Å². The second-order valence-electron chi connectivity index (χ2n) is 3.64. The largest absolute Gasteiger partial charge is 0.481 e. The molecule has 15 heavy (non-hydrogen) atoms. The highest BCUT2D eigenvalue weighted by Crippen LogP contribution is 2.03. The van der Waals surface area contributed by atoms with E-state index in [4.69, 9.17) is 5.11 Å². The molecule has 0 fully saturated rings. The molecule has 0 aliphatic carbocycles. The number of nitrogens with one attached hydrogen (secondary N) is 1. The van der Waals surface area contributed by atoms with Gasteiger partial charge in [-0.3, -0.25) is 4.79 Å². The molecular formula is C12H21NO2. The summed E-state index contributed by atoms with van der Waals surface area (Å²) in [6.07, 6.45) is 5.43. The van der Waals surface area contributed by atoms with E-state index in [9.17, 15) is 4.79 Å². The Morgan fingerprint density at radius 3 is 2.87 bits per heavy atom. The Labute approximate surface area is 91.9 Å². The SMILES string of the molecule is C=C=CC(CNCCCCC)CC(=O)O. The van der Waals surface area contributed by atoms with Crippen molar-refractivity contribution < 1.29 is 9.90 Å². The van der Waals surface area contributed by atoms with Crippen molar-refractivity contribution in [3.8, 4) is 0 Å². The zero-order valence-corrected chi connectivity index (χ0v) is 9.46. The van der Waals surface area contributed by atoms with E-state index < -0.39 is 5.97 Å². The van der Waals surface area contributed by atoms with Gasteiger partial charge in [-0.25, -0.2) is 0 Å². The average molecular weight is 211 g/mol. The standard InChI is InChI=1S/C12H21NO2/c1-3-5-6-8-13-10-11(7-4-2)9-12(14)15/h7,11,13H,2-3,5-6,8-10H2,1H3,(H,14,15). The molecule has 0 aromatic rings. The van der Waals surface area contributed by atoms with Crippen molar-refractivity contribution in [2.45, 2.75) is 32.6 Å². The summed E-state index contributed by atoms with van der Waals surface area (Å²) in [4.78, 5) is 10.5. The molecule has 0 spiro atoms. The van der Waals surface area contributed by atoms with Crippen molar-refractivity contribution in [3.05, 3.63) is 18.4 Å². The van der Waals surface area contributed by atoms with Crippen LogP contribution in [0.3, 0.4) is 0 Å². The fourth-order valence-corrected chi connectivity index (χ4v) is 1.37. The lowest BCUT2D eigenvalue weighted by molar-refractivity contribution is -0.137. The van der Waals surface area contributed by atoms with Crippen LogP contribution in [0.1, 0.15) is 32.6 Å². The van der Waals surface area contributed by atoms with E-state index in [2.05, 4.69) is 24.6 Å². The number of carboxylic acid groups (broad SMARTS) is 1. The second-order valence-corrected chi connectivity index (χ2v) is 3.64. The van der Waals surface area contributed by atoms with Gasteiger partial charge in [-0.15, -0.1) is 5.73 Å². The highest BCUT2D eigenvalue weighted by molar-refractivity contribution is 5.67. The van der Waals surface area contributed by atoms with Crippen LogP contribution in [0.25, 0.3) is 0 Å². The van der Waals surface area contributed by atoms with Gasteiger partial charge >= 0.3 is 5.97 Å². The molecule has 0 heterocycles. The summed E-state index contributed by atoms with van der Waals surface area (Å²) < 4.78 is 0. The van der Waals surface area contributed by atoms with E-state index in [-0.39, 0.29) is 12.3 Å². The number of aliphatic carboxylic acids is 1. The maximum absolute atomic E-state index is 10.5. The van der Waals surface area contributed by atoms with E-state index in [1.165, 1.54) is 12.8 Å². The van der Waals surface area contributed by atoms with E-state index in [1.807, 2.05) is 0 Å². The number of hydrogen-bond acceptors (Lipinski definition) is 2. The van der Waals surface area contributed by atoms with Gasteiger partial charge in [0.1, 0.15) is 0 Å². The minimum atomic E-state index is -0.776. The van der Waals surface area contributed by atoms with Crippen LogP contribution in [0, 0.1) is 5.92 Å². The maximum Gasteiger partial charge on any atom is 0.304 e. The zero-order valence-electron chi connectivity index (χ0n) is 9.46. The first-order valence-electron chi connectivity index (χ1n) is 5.49. The molecule has 0 aromatic heterocycles. The summed E-state index contributed by atoms with van der Waals surface area (Å²) in [5.74, 6) is -0.775. The Bertz CT molecular complexity index is 220. The minimum Gasteiger partial charge on any atom is -0.481 e. The fourth-order valence-electron chi connectivity index (χ4n) is 1.37. The van der Waals surface area contributed by atoms with Gasteiger partial charge in [0, 0.05) is 12.5 Å². The maximum atomic E-state index is 10.5. The van der Waals surface area contributed by atoms with Crippen molar-refractivity contribution >= 4 is 5.97 Å². The Hall–Kier alpha value is -1.05. The Morgan fingerprint density at radius 1 is 1.60 bits per heavy atom. The van der Waals surface area contributed by atoms with Crippen LogP contribution in [0.4, 0.5) is 0 Å². The van der Waals surface area contributed by atoms with E-state index in [0.29, 0.717) is 6.54 Å². The first-order chi connectivity index (χ1) is 7.20. The summed E-state index contributed by atoms with van der Waals surface area (Å²) in [6, 6.07) is 0. The number of unbranched alkanes of at least 4 members (excludes halogenated alkanes) is 2. The lowest BCUT2D eigenvalue weighted by Crippen LogP contribution is -2.24. The van der Waals surface area contributed by atoms with Gasteiger partial charge in [-0.2, -0.15) is 0 Å². The molecule has 0 aromatic carbocycles. The zero-order chi connectivity index (χ0) is 11.5. The summed E-state index contributed by atoms with van der Waals surface area (Å²) in [7, 11) is 0. The average Bonchev–Trinajstić information content (AvgIpc) is 2.17. The quantitative estimate of drug-likeness (QED) is 0.454. The summed E-state index contributed by atoms with van der Waals surface area (Å²) in [6.45, 7) is 7.27. The second kappa shape index (κ2) is 9.50. The third-order valence-corrected chi connectivity index (χ3v) is 2.15. The third kappa shape index (κ3) is 9.26. The molecule has 3 nitrogen and oxygen atoms in total. The van der Waals surface area contributed by atoms with Crippen LogP contribution in [0.5, 0.6) is 0 Å². The predicted octanol–water partition coefficient (Wildman–Crippen LogP) is 2.20. The molecule has 0 saturated carbocycles. The van der Waals surface area contributed by atoms with E-state index in [1.54, 1.807) is 6.08 Å². The molecule has 2 N–H and O–H groups in total. The first kappa shape index (κ1) is 13.9. The topological polar surface area (TPSA) is 49.3 Å². The molecule has 3 heteroatoms. The third-order valence-electron chi connectivity index (χ3n) is 2.15. The van der Waals surface area contributed by atoms with Crippen molar-refractivity contribution in [2.24, 2.45) is 5.92 Å². The van der Waals surface area contributed by atoms with Crippen molar-refractivity contribution in [2.75, 3.05) is 13.1 Å². The van der Waals surface area contributed by atoms with Gasteiger partial charge in [0.2, 0.25) is 0 Å². The molecule has 0 saturated heterocycles. The molecule has 0 radical (unpaired) electrons. The molecule has 86 valence electrons.